The highest BCUT2D eigenvalue weighted by molar-refractivity contribution is 14.0. The molecule has 29 heavy (non-hydrogen) atoms. The maximum atomic E-state index is 12.2. The van der Waals surface area contributed by atoms with Crippen LogP contribution in [0.3, 0.4) is 0 Å². The topological polar surface area (TPSA) is 91.0 Å². The Bertz CT molecular complexity index is 794. The molecule has 0 amide bonds. The number of pyridine rings is 1. The zero-order chi connectivity index (χ0) is 20.4. The van der Waals surface area contributed by atoms with E-state index in [9.17, 15) is 8.78 Å². The van der Waals surface area contributed by atoms with Crippen LogP contribution in [-0.2, 0) is 6.54 Å². The van der Waals surface area contributed by atoms with Crippen molar-refractivity contribution in [1.29, 1.82) is 0 Å². The number of hydrogen-bond donors (Lipinski definition) is 2. The third-order valence-corrected chi connectivity index (χ3v) is 3.37. The second kappa shape index (κ2) is 13.0. The van der Waals surface area contributed by atoms with Gasteiger partial charge in [-0.25, -0.2) is 18.8 Å². The molecule has 0 aliphatic carbocycles. The molecule has 0 fully saturated rings. The Balaban J connectivity index is 0.00000420. The van der Waals surface area contributed by atoms with Crippen LogP contribution in [-0.4, -0.2) is 37.2 Å². The first-order chi connectivity index (χ1) is 13.5. The van der Waals surface area contributed by atoms with Gasteiger partial charge in [0.2, 0.25) is 5.88 Å². The molecule has 2 rings (SSSR count). The lowest BCUT2D eigenvalue weighted by Crippen LogP contribution is -2.23. The second-order valence-corrected chi connectivity index (χ2v) is 5.52. The van der Waals surface area contributed by atoms with Gasteiger partial charge in [0.15, 0.2) is 12.6 Å². The lowest BCUT2D eigenvalue weighted by atomic mass is 10.2. The van der Waals surface area contributed by atoms with E-state index in [1.165, 1.54) is 6.07 Å². The van der Waals surface area contributed by atoms with Crippen LogP contribution >= 0.6 is 24.0 Å². The average Bonchev–Trinajstić information content (AvgIpc) is 2.67. The number of aromatic nitrogens is 1. The summed E-state index contributed by atoms with van der Waals surface area (Å²) in [6.07, 6.45) is -2.56. The molecule has 0 spiro atoms. The highest BCUT2D eigenvalue weighted by Crippen LogP contribution is 2.29. The first-order valence-electron chi connectivity index (χ1n) is 8.85. The standard InChI is InChI=1S/C19H24F2N4O3.HI/c1-3-26-14-8-9-16(27-4-2)15(10-14)25-19(22)23-11-13-6-5-7-18(24-13)28-12-17(20)21;/h5-10,17H,3-4,11-12H2,1-2H3,(H3,22,23,25);1H. The smallest absolute Gasteiger partial charge is 0.272 e. The molecule has 0 atom stereocenters. The van der Waals surface area contributed by atoms with Gasteiger partial charge in [0.25, 0.3) is 6.43 Å². The molecular formula is C19H25F2IN4O3. The Morgan fingerprint density at radius 1 is 1.14 bits per heavy atom. The molecule has 0 bridgehead atoms. The van der Waals surface area contributed by atoms with Gasteiger partial charge in [-0.15, -0.1) is 24.0 Å². The van der Waals surface area contributed by atoms with E-state index < -0.39 is 13.0 Å². The van der Waals surface area contributed by atoms with Crippen molar-refractivity contribution in [3.05, 3.63) is 42.1 Å². The Labute approximate surface area is 185 Å². The quantitative estimate of drug-likeness (QED) is 0.278. The van der Waals surface area contributed by atoms with Crippen LogP contribution in [0.4, 0.5) is 14.5 Å². The maximum absolute atomic E-state index is 12.2. The van der Waals surface area contributed by atoms with Crippen molar-refractivity contribution >= 4 is 35.6 Å². The van der Waals surface area contributed by atoms with Gasteiger partial charge in [-0.3, -0.25) is 0 Å². The molecule has 1 aromatic heterocycles. The Kier molecular flexibility index (Phi) is 11.0. The zero-order valence-corrected chi connectivity index (χ0v) is 18.6. The Morgan fingerprint density at radius 3 is 2.59 bits per heavy atom. The minimum absolute atomic E-state index is 0. The van der Waals surface area contributed by atoms with Gasteiger partial charge < -0.3 is 25.3 Å². The van der Waals surface area contributed by atoms with Crippen molar-refractivity contribution in [2.24, 2.45) is 10.7 Å². The van der Waals surface area contributed by atoms with Crippen LogP contribution in [0.5, 0.6) is 17.4 Å². The van der Waals surface area contributed by atoms with E-state index in [1.54, 1.807) is 24.3 Å². The van der Waals surface area contributed by atoms with Crippen molar-refractivity contribution in [2.45, 2.75) is 26.8 Å². The van der Waals surface area contributed by atoms with E-state index in [-0.39, 0.29) is 42.4 Å². The Morgan fingerprint density at radius 2 is 1.90 bits per heavy atom. The van der Waals surface area contributed by atoms with Crippen molar-refractivity contribution in [2.75, 3.05) is 25.1 Å². The first kappa shape index (κ1) is 24.7. The van der Waals surface area contributed by atoms with Crippen molar-refractivity contribution in [3.8, 4) is 17.4 Å². The summed E-state index contributed by atoms with van der Waals surface area (Å²) in [5.74, 6) is 1.55. The molecule has 0 aliphatic heterocycles. The van der Waals surface area contributed by atoms with E-state index in [1.807, 2.05) is 19.9 Å². The number of ether oxygens (including phenoxy) is 3. The van der Waals surface area contributed by atoms with Crippen LogP contribution in [0.15, 0.2) is 41.4 Å². The summed E-state index contributed by atoms with van der Waals surface area (Å²) < 4.78 is 40.4. The van der Waals surface area contributed by atoms with Gasteiger partial charge in [0.05, 0.1) is 31.1 Å². The number of guanidine groups is 1. The lowest BCUT2D eigenvalue weighted by Gasteiger charge is -2.14. The van der Waals surface area contributed by atoms with Gasteiger partial charge >= 0.3 is 0 Å². The van der Waals surface area contributed by atoms with Gasteiger partial charge in [-0.1, -0.05) is 6.07 Å². The molecule has 0 radical (unpaired) electrons. The predicted molar refractivity (Wildman–Crippen MR) is 119 cm³/mol. The van der Waals surface area contributed by atoms with E-state index in [2.05, 4.69) is 15.3 Å². The molecule has 1 heterocycles. The number of alkyl halides is 2. The molecule has 2 aromatic rings. The SMILES string of the molecule is CCOc1ccc(OCC)c(NC(N)=NCc2cccc(OCC(F)F)n2)c1.I. The fourth-order valence-corrected chi connectivity index (χ4v) is 2.26. The summed E-state index contributed by atoms with van der Waals surface area (Å²) in [6.45, 7) is 4.25. The predicted octanol–water partition coefficient (Wildman–Crippen LogP) is 4.07. The molecule has 0 unspecified atom stereocenters. The van der Waals surface area contributed by atoms with Gasteiger partial charge in [0, 0.05) is 12.1 Å². The molecule has 1 aromatic carbocycles. The van der Waals surface area contributed by atoms with Crippen molar-refractivity contribution < 1.29 is 23.0 Å². The molecule has 0 saturated heterocycles. The van der Waals surface area contributed by atoms with Crippen LogP contribution in [0.1, 0.15) is 19.5 Å². The normalized spacial score (nSPS) is 11.0. The molecule has 3 N–H and O–H groups in total. The van der Waals surface area contributed by atoms with Crippen LogP contribution in [0, 0.1) is 0 Å². The third-order valence-electron chi connectivity index (χ3n) is 3.37. The zero-order valence-electron chi connectivity index (χ0n) is 16.2. The number of nitrogens with one attached hydrogen (secondary N) is 1. The average molecular weight is 522 g/mol. The number of benzene rings is 1. The fourth-order valence-electron chi connectivity index (χ4n) is 2.26. The summed E-state index contributed by atoms with van der Waals surface area (Å²) in [5, 5.41) is 2.98. The van der Waals surface area contributed by atoms with E-state index in [4.69, 9.17) is 19.9 Å². The monoisotopic (exact) mass is 522 g/mol. The molecule has 10 heteroatoms. The lowest BCUT2D eigenvalue weighted by molar-refractivity contribution is 0.0795. The van der Waals surface area contributed by atoms with Gasteiger partial charge in [-0.05, 0) is 32.0 Å². The molecule has 160 valence electrons. The van der Waals surface area contributed by atoms with Crippen LogP contribution in [0.25, 0.3) is 0 Å². The first-order valence-corrected chi connectivity index (χ1v) is 8.85. The summed E-state index contributed by atoms with van der Waals surface area (Å²) in [6, 6.07) is 10.2. The van der Waals surface area contributed by atoms with Crippen molar-refractivity contribution in [3.63, 3.8) is 0 Å². The number of rotatable bonds is 10. The van der Waals surface area contributed by atoms with E-state index >= 15 is 0 Å². The van der Waals surface area contributed by atoms with Crippen LogP contribution < -0.4 is 25.3 Å². The summed E-state index contributed by atoms with van der Waals surface area (Å²) in [7, 11) is 0. The largest absolute Gasteiger partial charge is 0.494 e. The van der Waals surface area contributed by atoms with Gasteiger partial charge in [-0.2, -0.15) is 0 Å². The summed E-state index contributed by atoms with van der Waals surface area (Å²) >= 11 is 0. The summed E-state index contributed by atoms with van der Waals surface area (Å²) in [4.78, 5) is 8.34. The maximum Gasteiger partial charge on any atom is 0.272 e. The van der Waals surface area contributed by atoms with Gasteiger partial charge in [0.1, 0.15) is 11.5 Å². The molecule has 7 nitrogen and oxygen atoms in total. The number of anilines is 1. The number of aliphatic imine (C=N–C) groups is 1. The van der Waals surface area contributed by atoms with E-state index in [0.29, 0.717) is 36.1 Å². The number of nitrogens with zero attached hydrogens (tertiary/aromatic N) is 2. The Hall–Kier alpha value is -2.37. The highest BCUT2D eigenvalue weighted by atomic mass is 127. The van der Waals surface area contributed by atoms with Crippen molar-refractivity contribution in [1.82, 2.24) is 4.98 Å². The number of nitrogens with two attached hydrogens (primary N) is 1. The second-order valence-electron chi connectivity index (χ2n) is 5.52. The highest BCUT2D eigenvalue weighted by Gasteiger charge is 2.08. The molecule has 0 aliphatic rings. The molecule has 0 saturated carbocycles. The third kappa shape index (κ3) is 8.67. The summed E-state index contributed by atoms with van der Waals surface area (Å²) in [5.41, 5.74) is 7.12. The van der Waals surface area contributed by atoms with E-state index in [0.717, 1.165) is 0 Å². The molecular weight excluding hydrogens is 497 g/mol. The minimum Gasteiger partial charge on any atom is -0.494 e. The number of hydrogen-bond acceptors (Lipinski definition) is 5. The van der Waals surface area contributed by atoms with Crippen LogP contribution in [0.2, 0.25) is 0 Å². The fraction of sp³-hybridized carbons (Fsp3) is 0.368. The number of halogens is 3. The minimum atomic E-state index is -2.56.